The Hall–Kier alpha value is -2.00. The molecule has 0 heterocycles. The first-order valence-corrected chi connectivity index (χ1v) is 8.08. The molecule has 1 amide bonds. The lowest BCUT2D eigenvalue weighted by atomic mass is 9.98. The van der Waals surface area contributed by atoms with Gasteiger partial charge in [-0.1, -0.05) is 31.5 Å². The number of hydrogen-bond donors (Lipinski definition) is 1. The Labute approximate surface area is 142 Å². The number of anilines is 1. The van der Waals surface area contributed by atoms with Gasteiger partial charge in [-0.25, -0.2) is 0 Å². The second-order valence-electron chi connectivity index (χ2n) is 5.93. The van der Waals surface area contributed by atoms with Crippen LogP contribution in [0.2, 0.25) is 5.02 Å². The van der Waals surface area contributed by atoms with Gasteiger partial charge in [0.2, 0.25) is 0 Å². The van der Waals surface area contributed by atoms with Crippen LogP contribution in [0.15, 0.2) is 42.5 Å². The van der Waals surface area contributed by atoms with E-state index in [1.54, 1.807) is 31.2 Å². The minimum absolute atomic E-state index is 0.196. The third kappa shape index (κ3) is 4.73. The van der Waals surface area contributed by atoms with Crippen LogP contribution in [0.25, 0.3) is 0 Å². The summed E-state index contributed by atoms with van der Waals surface area (Å²) in [7, 11) is 0. The van der Waals surface area contributed by atoms with Crippen LogP contribution in [0.5, 0.6) is 5.75 Å². The molecule has 2 aromatic rings. The maximum absolute atomic E-state index is 12.2. The van der Waals surface area contributed by atoms with Crippen molar-refractivity contribution < 1.29 is 9.53 Å². The maximum Gasteiger partial charge on any atom is 0.265 e. The molecule has 0 bridgehead atoms. The Balaban J connectivity index is 2.00. The number of carbonyl (C=O) groups excluding carboxylic acids is 1. The number of aryl methyl sites for hydroxylation is 1. The Morgan fingerprint density at radius 2 is 1.74 bits per heavy atom. The van der Waals surface area contributed by atoms with Crippen molar-refractivity contribution in [3.63, 3.8) is 0 Å². The van der Waals surface area contributed by atoms with Crippen molar-refractivity contribution in [2.45, 2.75) is 39.7 Å². The molecule has 0 fully saturated rings. The third-order valence-electron chi connectivity index (χ3n) is 3.66. The van der Waals surface area contributed by atoms with Crippen LogP contribution < -0.4 is 10.1 Å². The molecule has 0 aliphatic heterocycles. The quantitative estimate of drug-likeness (QED) is 0.820. The molecule has 1 atom stereocenters. The van der Waals surface area contributed by atoms with Crippen molar-refractivity contribution in [3.8, 4) is 5.75 Å². The summed E-state index contributed by atoms with van der Waals surface area (Å²) in [6, 6.07) is 12.9. The highest BCUT2D eigenvalue weighted by molar-refractivity contribution is 6.30. The van der Waals surface area contributed by atoms with E-state index in [-0.39, 0.29) is 5.91 Å². The van der Waals surface area contributed by atoms with Crippen molar-refractivity contribution in [1.82, 2.24) is 0 Å². The molecule has 23 heavy (non-hydrogen) atoms. The summed E-state index contributed by atoms with van der Waals surface area (Å²) in [5.41, 5.74) is 3.15. The molecule has 3 nitrogen and oxygen atoms in total. The lowest BCUT2D eigenvalue weighted by Gasteiger charge is -2.17. The SMILES string of the molecule is Cc1cc(OC(C)C(=O)Nc2ccc(Cl)cc2)ccc1C(C)C. The van der Waals surface area contributed by atoms with E-state index < -0.39 is 6.10 Å². The Morgan fingerprint density at radius 1 is 1.09 bits per heavy atom. The summed E-state index contributed by atoms with van der Waals surface area (Å²) >= 11 is 5.83. The molecule has 1 N–H and O–H groups in total. The predicted molar refractivity (Wildman–Crippen MR) is 95.4 cm³/mol. The molecular formula is C19H22ClNO2. The lowest BCUT2D eigenvalue weighted by molar-refractivity contribution is -0.122. The van der Waals surface area contributed by atoms with Gasteiger partial charge in [-0.2, -0.15) is 0 Å². The fraction of sp³-hybridized carbons (Fsp3) is 0.316. The highest BCUT2D eigenvalue weighted by Crippen LogP contribution is 2.24. The van der Waals surface area contributed by atoms with E-state index >= 15 is 0 Å². The summed E-state index contributed by atoms with van der Waals surface area (Å²) in [4.78, 5) is 12.2. The molecule has 0 radical (unpaired) electrons. The van der Waals surface area contributed by atoms with E-state index in [1.165, 1.54) is 11.1 Å². The van der Waals surface area contributed by atoms with Crippen LogP contribution >= 0.6 is 11.6 Å². The van der Waals surface area contributed by atoms with Gasteiger partial charge in [0.05, 0.1) is 0 Å². The molecule has 0 aliphatic carbocycles. The molecule has 4 heteroatoms. The van der Waals surface area contributed by atoms with E-state index in [0.29, 0.717) is 22.4 Å². The number of benzene rings is 2. The average molecular weight is 332 g/mol. The maximum atomic E-state index is 12.2. The highest BCUT2D eigenvalue weighted by Gasteiger charge is 2.15. The Morgan fingerprint density at radius 3 is 2.30 bits per heavy atom. The molecule has 2 aromatic carbocycles. The molecule has 2 rings (SSSR count). The zero-order valence-corrected chi connectivity index (χ0v) is 14.6. The van der Waals surface area contributed by atoms with Crippen molar-refractivity contribution in [2.24, 2.45) is 0 Å². The number of amides is 1. The first kappa shape index (κ1) is 17.4. The van der Waals surface area contributed by atoms with Gasteiger partial charge >= 0.3 is 0 Å². The number of ether oxygens (including phenoxy) is 1. The smallest absolute Gasteiger partial charge is 0.265 e. The molecule has 0 saturated heterocycles. The number of hydrogen-bond acceptors (Lipinski definition) is 2. The van der Waals surface area contributed by atoms with E-state index in [0.717, 1.165) is 0 Å². The van der Waals surface area contributed by atoms with Crippen LogP contribution in [0.4, 0.5) is 5.69 Å². The predicted octanol–water partition coefficient (Wildman–Crippen LogP) is 5.18. The van der Waals surface area contributed by atoms with Crippen LogP contribution in [0, 0.1) is 6.92 Å². The second-order valence-corrected chi connectivity index (χ2v) is 6.37. The van der Waals surface area contributed by atoms with Gasteiger partial charge in [0, 0.05) is 10.7 Å². The molecule has 0 saturated carbocycles. The summed E-state index contributed by atoms with van der Waals surface area (Å²) in [5, 5.41) is 3.44. The lowest BCUT2D eigenvalue weighted by Crippen LogP contribution is -2.30. The molecule has 0 aliphatic rings. The van der Waals surface area contributed by atoms with E-state index in [9.17, 15) is 4.79 Å². The van der Waals surface area contributed by atoms with E-state index in [1.807, 2.05) is 12.1 Å². The van der Waals surface area contributed by atoms with Crippen LogP contribution in [0.1, 0.15) is 37.8 Å². The van der Waals surface area contributed by atoms with Gasteiger partial charge in [-0.3, -0.25) is 4.79 Å². The zero-order chi connectivity index (χ0) is 17.0. The fourth-order valence-corrected chi connectivity index (χ4v) is 2.53. The second kappa shape index (κ2) is 7.51. The average Bonchev–Trinajstić information content (AvgIpc) is 2.49. The minimum Gasteiger partial charge on any atom is -0.481 e. The third-order valence-corrected chi connectivity index (χ3v) is 3.91. The van der Waals surface area contributed by atoms with Gasteiger partial charge in [0.15, 0.2) is 6.10 Å². The minimum atomic E-state index is -0.588. The van der Waals surface area contributed by atoms with Crippen LogP contribution in [-0.2, 0) is 4.79 Å². The topological polar surface area (TPSA) is 38.3 Å². The Kier molecular flexibility index (Phi) is 5.67. The highest BCUT2D eigenvalue weighted by atomic mass is 35.5. The number of carbonyl (C=O) groups is 1. The van der Waals surface area contributed by atoms with Crippen molar-refractivity contribution >= 4 is 23.2 Å². The first-order valence-electron chi connectivity index (χ1n) is 7.70. The van der Waals surface area contributed by atoms with Gasteiger partial charge < -0.3 is 10.1 Å². The molecule has 1 unspecified atom stereocenters. The largest absolute Gasteiger partial charge is 0.481 e. The van der Waals surface area contributed by atoms with Gasteiger partial charge in [0.25, 0.3) is 5.91 Å². The molecule has 0 aromatic heterocycles. The molecular weight excluding hydrogens is 310 g/mol. The molecule has 122 valence electrons. The van der Waals surface area contributed by atoms with Crippen molar-refractivity contribution in [1.29, 1.82) is 0 Å². The number of halogens is 1. The van der Waals surface area contributed by atoms with Gasteiger partial charge in [-0.05, 0) is 67.3 Å². The van der Waals surface area contributed by atoms with Crippen LogP contribution in [0.3, 0.4) is 0 Å². The summed E-state index contributed by atoms with van der Waals surface area (Å²) < 4.78 is 5.75. The molecule has 0 spiro atoms. The van der Waals surface area contributed by atoms with Crippen molar-refractivity contribution in [2.75, 3.05) is 5.32 Å². The Bertz CT molecular complexity index is 680. The summed E-state index contributed by atoms with van der Waals surface area (Å²) in [6.45, 7) is 8.10. The van der Waals surface area contributed by atoms with Gasteiger partial charge in [-0.15, -0.1) is 0 Å². The number of rotatable bonds is 5. The number of nitrogens with one attached hydrogen (secondary N) is 1. The zero-order valence-electron chi connectivity index (χ0n) is 13.9. The van der Waals surface area contributed by atoms with Crippen molar-refractivity contribution in [3.05, 3.63) is 58.6 Å². The monoisotopic (exact) mass is 331 g/mol. The first-order chi connectivity index (χ1) is 10.9. The van der Waals surface area contributed by atoms with E-state index in [4.69, 9.17) is 16.3 Å². The van der Waals surface area contributed by atoms with Gasteiger partial charge in [0.1, 0.15) is 5.75 Å². The standard InChI is InChI=1S/C19H22ClNO2/c1-12(2)18-10-9-17(11-13(18)3)23-14(4)19(22)21-16-7-5-15(20)6-8-16/h5-12,14H,1-4H3,(H,21,22). The summed E-state index contributed by atoms with van der Waals surface area (Å²) in [6.07, 6.45) is -0.588. The fourth-order valence-electron chi connectivity index (χ4n) is 2.40. The summed E-state index contributed by atoms with van der Waals surface area (Å²) in [5.74, 6) is 0.971. The normalized spacial score (nSPS) is 12.1. The van der Waals surface area contributed by atoms with Crippen LogP contribution in [-0.4, -0.2) is 12.0 Å². The van der Waals surface area contributed by atoms with E-state index in [2.05, 4.69) is 32.2 Å².